The van der Waals surface area contributed by atoms with Crippen LogP contribution in [0.3, 0.4) is 0 Å². The molecule has 1 aliphatic heterocycles. The van der Waals surface area contributed by atoms with Gasteiger partial charge in [-0.05, 0) is 67.1 Å². The van der Waals surface area contributed by atoms with E-state index in [-0.39, 0.29) is 24.8 Å². The smallest absolute Gasteiger partial charge is 0.344 e. The van der Waals surface area contributed by atoms with Gasteiger partial charge in [0, 0.05) is 6.54 Å². The van der Waals surface area contributed by atoms with E-state index in [4.69, 9.17) is 14.2 Å². The topological polar surface area (TPSA) is 94.2 Å². The van der Waals surface area contributed by atoms with Crippen molar-refractivity contribution in [2.75, 3.05) is 26.4 Å². The Morgan fingerprint density at radius 2 is 1.93 bits per heavy atom. The maximum atomic E-state index is 12.2. The number of halogens is 1. The molecule has 9 heteroatoms. The lowest BCUT2D eigenvalue weighted by molar-refractivity contribution is -0.145. The Hall–Kier alpha value is -2.30. The summed E-state index contributed by atoms with van der Waals surface area (Å²) in [6.45, 7) is 6.01. The van der Waals surface area contributed by atoms with Gasteiger partial charge in [0.2, 0.25) is 0 Å². The summed E-state index contributed by atoms with van der Waals surface area (Å²) in [4.78, 5) is 36.7. The maximum absolute atomic E-state index is 12.2. The highest BCUT2D eigenvalue weighted by Gasteiger charge is 2.32. The highest BCUT2D eigenvalue weighted by atomic mass is 127. The van der Waals surface area contributed by atoms with Crippen LogP contribution in [-0.2, 0) is 14.3 Å². The van der Waals surface area contributed by atoms with Gasteiger partial charge in [0.05, 0.1) is 16.8 Å². The number of nitrogens with one attached hydrogen (secondary N) is 1. The molecule has 0 aliphatic carbocycles. The van der Waals surface area contributed by atoms with Crippen molar-refractivity contribution in [1.29, 1.82) is 0 Å². The largest absolute Gasteiger partial charge is 0.490 e. The normalized spacial score (nSPS) is 15.1. The maximum Gasteiger partial charge on any atom is 0.344 e. The molecule has 1 aromatic carbocycles. The molecule has 0 radical (unpaired) electrons. The summed E-state index contributed by atoms with van der Waals surface area (Å²) >= 11 is 2.06. The van der Waals surface area contributed by atoms with Crippen LogP contribution in [-0.4, -0.2) is 49.2 Å². The van der Waals surface area contributed by atoms with Gasteiger partial charge < -0.3 is 19.5 Å². The number of nitrogens with zero attached hydrogens (tertiary/aromatic N) is 1. The molecule has 1 heterocycles. The monoisotopic (exact) mass is 488 g/mol. The third-order valence-corrected chi connectivity index (χ3v) is 4.36. The molecule has 1 fully saturated rings. The van der Waals surface area contributed by atoms with Crippen LogP contribution in [0.25, 0.3) is 6.08 Å². The van der Waals surface area contributed by atoms with Gasteiger partial charge in [-0.25, -0.2) is 9.59 Å². The Balaban J connectivity index is 2.29. The quantitative estimate of drug-likeness (QED) is 0.262. The summed E-state index contributed by atoms with van der Waals surface area (Å²) in [6.07, 6.45) is 1.58. The first-order valence-electron chi connectivity index (χ1n) is 8.50. The van der Waals surface area contributed by atoms with Crippen LogP contribution >= 0.6 is 22.6 Å². The van der Waals surface area contributed by atoms with Gasteiger partial charge in [-0.3, -0.25) is 9.69 Å². The zero-order valence-corrected chi connectivity index (χ0v) is 17.5. The molecule has 3 amide bonds. The minimum absolute atomic E-state index is 0.195. The molecular weight excluding hydrogens is 467 g/mol. The fourth-order valence-corrected chi connectivity index (χ4v) is 3.21. The number of ether oxygens (including phenoxy) is 3. The molecule has 8 nitrogen and oxygen atoms in total. The molecule has 2 rings (SSSR count). The number of likely N-dealkylation sites (N-methyl/N-ethyl adjacent to an activating group) is 1. The Kier molecular flexibility index (Phi) is 7.45. The average Bonchev–Trinajstić information content (AvgIpc) is 2.87. The van der Waals surface area contributed by atoms with E-state index >= 15 is 0 Å². The first-order valence-corrected chi connectivity index (χ1v) is 9.58. The molecule has 1 saturated heterocycles. The average molecular weight is 488 g/mol. The van der Waals surface area contributed by atoms with Crippen LogP contribution in [0.5, 0.6) is 11.5 Å². The van der Waals surface area contributed by atoms with Crippen LogP contribution in [0, 0.1) is 3.57 Å². The van der Waals surface area contributed by atoms with Gasteiger partial charge in [-0.15, -0.1) is 0 Å². The molecular formula is C18H21IN2O6. The zero-order valence-electron chi connectivity index (χ0n) is 15.3. The minimum atomic E-state index is -0.471. The molecule has 0 bridgehead atoms. The van der Waals surface area contributed by atoms with Crippen molar-refractivity contribution in [3.63, 3.8) is 0 Å². The number of imide groups is 1. The molecule has 0 atom stereocenters. The van der Waals surface area contributed by atoms with Crippen molar-refractivity contribution in [2.45, 2.75) is 20.8 Å². The molecule has 0 spiro atoms. The van der Waals surface area contributed by atoms with Crippen LogP contribution in [0.15, 0.2) is 17.8 Å². The summed E-state index contributed by atoms with van der Waals surface area (Å²) in [6, 6.07) is 3.01. The van der Waals surface area contributed by atoms with Gasteiger partial charge >= 0.3 is 12.0 Å². The number of hydrogen-bond donors (Lipinski definition) is 1. The van der Waals surface area contributed by atoms with Crippen molar-refractivity contribution in [1.82, 2.24) is 10.2 Å². The third-order valence-electron chi connectivity index (χ3n) is 3.56. The van der Waals surface area contributed by atoms with Gasteiger partial charge in [0.15, 0.2) is 18.1 Å². The highest BCUT2D eigenvalue weighted by molar-refractivity contribution is 14.1. The minimum Gasteiger partial charge on any atom is -0.490 e. The molecule has 0 aromatic heterocycles. The second-order valence-electron chi connectivity index (χ2n) is 5.39. The lowest BCUT2D eigenvalue weighted by atomic mass is 10.1. The summed E-state index contributed by atoms with van der Waals surface area (Å²) in [5.74, 6) is 0.00765. The molecule has 1 N–H and O–H groups in total. The van der Waals surface area contributed by atoms with Crippen molar-refractivity contribution in [2.24, 2.45) is 0 Å². The standard InChI is InChI=1S/C18H21IN2O6/c1-4-21-17(23)13(20-18(21)24)8-11-7-12(19)16(14(9-11)25-5-2)27-10-15(22)26-6-3/h7-9H,4-6,10H2,1-3H3,(H,20,24)/b13-8+. The molecule has 146 valence electrons. The molecule has 0 unspecified atom stereocenters. The van der Waals surface area contributed by atoms with E-state index in [1.807, 2.05) is 6.92 Å². The van der Waals surface area contributed by atoms with Gasteiger partial charge in [0.1, 0.15) is 5.70 Å². The van der Waals surface area contributed by atoms with Crippen LogP contribution < -0.4 is 14.8 Å². The van der Waals surface area contributed by atoms with E-state index in [0.29, 0.717) is 33.8 Å². The van der Waals surface area contributed by atoms with Gasteiger partial charge in [0.25, 0.3) is 5.91 Å². The first-order chi connectivity index (χ1) is 12.9. The Bertz CT molecular complexity index is 777. The van der Waals surface area contributed by atoms with E-state index in [9.17, 15) is 14.4 Å². The van der Waals surface area contributed by atoms with Crippen LogP contribution in [0.2, 0.25) is 0 Å². The molecule has 1 aliphatic rings. The second-order valence-corrected chi connectivity index (χ2v) is 6.56. The Morgan fingerprint density at radius 3 is 2.52 bits per heavy atom. The lowest BCUT2D eigenvalue weighted by Gasteiger charge is -2.14. The number of benzene rings is 1. The number of rotatable bonds is 8. The van der Waals surface area contributed by atoms with Crippen molar-refractivity contribution in [3.05, 3.63) is 27.0 Å². The number of esters is 1. The predicted molar refractivity (Wildman–Crippen MR) is 106 cm³/mol. The van der Waals surface area contributed by atoms with Crippen molar-refractivity contribution in [3.8, 4) is 11.5 Å². The van der Waals surface area contributed by atoms with E-state index in [0.717, 1.165) is 4.90 Å². The summed E-state index contributed by atoms with van der Waals surface area (Å²) in [5.41, 5.74) is 0.855. The summed E-state index contributed by atoms with van der Waals surface area (Å²) in [7, 11) is 0. The molecule has 1 aromatic rings. The first kappa shape index (κ1) is 21.0. The Labute approximate surface area is 171 Å². The van der Waals surface area contributed by atoms with Crippen molar-refractivity contribution < 1.29 is 28.6 Å². The third kappa shape index (κ3) is 5.12. The van der Waals surface area contributed by atoms with Gasteiger partial charge in [-0.2, -0.15) is 0 Å². The summed E-state index contributed by atoms with van der Waals surface area (Å²) < 4.78 is 16.7. The fraction of sp³-hybridized carbons (Fsp3) is 0.389. The highest BCUT2D eigenvalue weighted by Crippen LogP contribution is 2.35. The second kappa shape index (κ2) is 9.58. The number of amides is 3. The number of urea groups is 1. The van der Waals surface area contributed by atoms with Crippen LogP contribution in [0.4, 0.5) is 4.79 Å². The van der Waals surface area contributed by atoms with E-state index < -0.39 is 12.0 Å². The SMILES string of the molecule is CCOC(=O)COc1c(I)cc(/C=C2/NC(=O)N(CC)C2=O)cc1OCC. The number of carbonyl (C=O) groups excluding carboxylic acids is 3. The zero-order chi connectivity index (χ0) is 20.0. The number of hydrogen-bond acceptors (Lipinski definition) is 6. The fourth-order valence-electron chi connectivity index (χ4n) is 2.43. The van der Waals surface area contributed by atoms with Crippen LogP contribution in [0.1, 0.15) is 26.3 Å². The number of carbonyl (C=O) groups is 3. The van der Waals surface area contributed by atoms with Gasteiger partial charge in [-0.1, -0.05) is 0 Å². The van der Waals surface area contributed by atoms with E-state index in [2.05, 4.69) is 27.9 Å². The van der Waals surface area contributed by atoms with E-state index in [1.54, 1.807) is 32.1 Å². The Morgan fingerprint density at radius 1 is 1.19 bits per heavy atom. The molecule has 0 saturated carbocycles. The van der Waals surface area contributed by atoms with E-state index in [1.165, 1.54) is 0 Å². The summed E-state index contributed by atoms with van der Waals surface area (Å²) in [5, 5.41) is 2.56. The lowest BCUT2D eigenvalue weighted by Crippen LogP contribution is -2.30. The predicted octanol–water partition coefficient (Wildman–Crippen LogP) is 2.54. The van der Waals surface area contributed by atoms with Crippen molar-refractivity contribution >= 4 is 46.6 Å². The molecule has 27 heavy (non-hydrogen) atoms.